The molecule has 136 valence electrons. The lowest BCUT2D eigenvalue weighted by Crippen LogP contribution is -2.42. The first kappa shape index (κ1) is 17.0. The second kappa shape index (κ2) is 6.09. The van der Waals surface area contributed by atoms with E-state index >= 15 is 0 Å². The van der Waals surface area contributed by atoms with Gasteiger partial charge in [-0.3, -0.25) is 13.9 Å². The summed E-state index contributed by atoms with van der Waals surface area (Å²) in [5, 5.41) is 10.1. The molecule has 2 aromatic heterocycles. The van der Waals surface area contributed by atoms with Crippen molar-refractivity contribution in [1.29, 1.82) is 5.26 Å². The molecule has 0 spiro atoms. The summed E-state index contributed by atoms with van der Waals surface area (Å²) in [6, 6.07) is 6.96. The van der Waals surface area contributed by atoms with Crippen LogP contribution in [0.3, 0.4) is 0 Å². The van der Waals surface area contributed by atoms with Gasteiger partial charge in [0.1, 0.15) is 17.2 Å². The fourth-order valence-electron chi connectivity index (χ4n) is 3.71. The Balaban J connectivity index is 1.99. The summed E-state index contributed by atoms with van der Waals surface area (Å²) in [7, 11) is 0. The molecule has 7 heteroatoms. The quantitative estimate of drug-likeness (QED) is 0.644. The second-order valence-corrected chi connectivity index (χ2v) is 6.84. The third-order valence-electron chi connectivity index (χ3n) is 5.29. The van der Waals surface area contributed by atoms with Crippen LogP contribution in [0.1, 0.15) is 34.4 Å². The van der Waals surface area contributed by atoms with Crippen molar-refractivity contribution in [2.75, 3.05) is 0 Å². The van der Waals surface area contributed by atoms with Crippen molar-refractivity contribution >= 4 is 11.0 Å². The maximum absolute atomic E-state index is 12.8. The van der Waals surface area contributed by atoms with Gasteiger partial charge >= 0.3 is 11.3 Å². The molecule has 27 heavy (non-hydrogen) atoms. The van der Waals surface area contributed by atoms with Crippen molar-refractivity contribution in [2.45, 2.75) is 39.8 Å². The summed E-state index contributed by atoms with van der Waals surface area (Å²) >= 11 is 0. The standard InChI is InChI=1S/C20H17N3O4/c1-11-5-6-14-13(8-17(24)27-18(14)12(11)2)10-23-19(25)15(9-21)16-4-3-7-22(16)20(23)26/h5-6,8H,3-4,7,10H2,1-2H3. The van der Waals surface area contributed by atoms with Gasteiger partial charge in [0.05, 0.1) is 6.54 Å². The molecular formula is C20H17N3O4. The summed E-state index contributed by atoms with van der Waals surface area (Å²) < 4.78 is 7.88. The average Bonchev–Trinajstić information content (AvgIpc) is 3.12. The zero-order chi connectivity index (χ0) is 19.3. The van der Waals surface area contributed by atoms with Gasteiger partial charge < -0.3 is 4.42 Å². The van der Waals surface area contributed by atoms with Gasteiger partial charge in [-0.2, -0.15) is 5.26 Å². The molecule has 4 rings (SSSR count). The topological polar surface area (TPSA) is 98.0 Å². The molecule has 0 amide bonds. The number of fused-ring (bicyclic) bond motifs is 2. The molecule has 0 atom stereocenters. The Morgan fingerprint density at radius 2 is 2.00 bits per heavy atom. The van der Waals surface area contributed by atoms with Gasteiger partial charge in [0, 0.05) is 23.7 Å². The highest BCUT2D eigenvalue weighted by Gasteiger charge is 2.23. The molecule has 0 aliphatic carbocycles. The number of hydrogen-bond acceptors (Lipinski definition) is 5. The molecule has 0 saturated heterocycles. The van der Waals surface area contributed by atoms with Crippen LogP contribution in [-0.4, -0.2) is 9.13 Å². The van der Waals surface area contributed by atoms with E-state index in [1.807, 2.05) is 32.0 Å². The van der Waals surface area contributed by atoms with E-state index in [0.717, 1.165) is 22.1 Å². The molecule has 7 nitrogen and oxygen atoms in total. The Morgan fingerprint density at radius 1 is 1.22 bits per heavy atom. The SMILES string of the molecule is Cc1ccc2c(Cn3c(=O)c(C#N)c4n(c3=O)CCC4)cc(=O)oc2c1C. The number of rotatable bonds is 2. The van der Waals surface area contributed by atoms with Crippen LogP contribution in [-0.2, 0) is 19.5 Å². The lowest BCUT2D eigenvalue weighted by atomic mass is 10.0. The Hall–Kier alpha value is -3.40. The molecule has 3 aromatic rings. The fraction of sp³-hybridized carbons (Fsp3) is 0.300. The fourth-order valence-corrected chi connectivity index (χ4v) is 3.71. The van der Waals surface area contributed by atoms with Crippen molar-refractivity contribution in [3.8, 4) is 6.07 Å². The smallest absolute Gasteiger partial charge is 0.336 e. The first-order valence-electron chi connectivity index (χ1n) is 8.72. The van der Waals surface area contributed by atoms with Crippen LogP contribution in [0.4, 0.5) is 0 Å². The largest absolute Gasteiger partial charge is 0.422 e. The molecule has 3 heterocycles. The second-order valence-electron chi connectivity index (χ2n) is 6.84. The van der Waals surface area contributed by atoms with E-state index in [9.17, 15) is 19.6 Å². The lowest BCUT2D eigenvalue weighted by molar-refractivity contribution is 0.551. The van der Waals surface area contributed by atoms with Crippen LogP contribution in [0.2, 0.25) is 0 Å². The highest BCUT2D eigenvalue weighted by Crippen LogP contribution is 2.23. The molecule has 0 N–H and O–H groups in total. The van der Waals surface area contributed by atoms with E-state index in [-0.39, 0.29) is 12.1 Å². The van der Waals surface area contributed by atoms with E-state index < -0.39 is 16.9 Å². The van der Waals surface area contributed by atoms with Crippen LogP contribution < -0.4 is 16.9 Å². The Kier molecular flexibility index (Phi) is 3.84. The van der Waals surface area contributed by atoms with Gasteiger partial charge in [0.25, 0.3) is 5.56 Å². The predicted octanol–water partition coefficient (Wildman–Crippen LogP) is 1.60. The normalized spacial score (nSPS) is 12.9. The number of nitriles is 1. The zero-order valence-corrected chi connectivity index (χ0v) is 15.0. The minimum Gasteiger partial charge on any atom is -0.422 e. The summed E-state index contributed by atoms with van der Waals surface area (Å²) in [6.07, 6.45) is 1.27. The Labute approximate surface area is 153 Å². The Bertz CT molecular complexity index is 1320. The third kappa shape index (κ3) is 2.53. The molecule has 1 aliphatic heterocycles. The number of aromatic nitrogens is 2. The monoisotopic (exact) mass is 363 g/mol. The van der Waals surface area contributed by atoms with Gasteiger partial charge in [0.2, 0.25) is 0 Å². The van der Waals surface area contributed by atoms with Crippen molar-refractivity contribution in [3.05, 3.63) is 77.4 Å². The van der Waals surface area contributed by atoms with Gasteiger partial charge in [-0.25, -0.2) is 9.59 Å². The summed E-state index contributed by atoms with van der Waals surface area (Å²) in [4.78, 5) is 37.6. The van der Waals surface area contributed by atoms with E-state index in [0.29, 0.717) is 35.2 Å². The lowest BCUT2D eigenvalue weighted by Gasteiger charge is -2.13. The van der Waals surface area contributed by atoms with Crippen molar-refractivity contribution in [2.24, 2.45) is 0 Å². The van der Waals surface area contributed by atoms with Gasteiger partial charge in [-0.15, -0.1) is 0 Å². The van der Waals surface area contributed by atoms with Crippen LogP contribution in [0, 0.1) is 25.2 Å². The maximum Gasteiger partial charge on any atom is 0.336 e. The van der Waals surface area contributed by atoms with Crippen molar-refractivity contribution in [1.82, 2.24) is 9.13 Å². The highest BCUT2D eigenvalue weighted by molar-refractivity contribution is 5.83. The van der Waals surface area contributed by atoms with E-state index in [1.54, 1.807) is 0 Å². The molecular weight excluding hydrogens is 346 g/mol. The van der Waals surface area contributed by atoms with Crippen molar-refractivity contribution < 1.29 is 4.42 Å². The number of nitrogens with zero attached hydrogens (tertiary/aromatic N) is 3. The van der Waals surface area contributed by atoms with Crippen LogP contribution >= 0.6 is 0 Å². The van der Waals surface area contributed by atoms with Crippen LogP contribution in [0.25, 0.3) is 11.0 Å². The maximum atomic E-state index is 12.8. The van der Waals surface area contributed by atoms with E-state index in [1.165, 1.54) is 10.6 Å². The number of aryl methyl sites for hydroxylation is 2. The summed E-state index contributed by atoms with van der Waals surface area (Å²) in [5.41, 5.74) is 1.70. The zero-order valence-electron chi connectivity index (χ0n) is 15.0. The molecule has 0 radical (unpaired) electrons. The first-order chi connectivity index (χ1) is 12.9. The predicted molar refractivity (Wildman–Crippen MR) is 99.1 cm³/mol. The van der Waals surface area contributed by atoms with Gasteiger partial charge in [-0.05, 0) is 43.4 Å². The molecule has 0 fully saturated rings. The molecule has 1 aliphatic rings. The summed E-state index contributed by atoms with van der Waals surface area (Å²) in [5.74, 6) is 0. The number of benzene rings is 1. The highest BCUT2D eigenvalue weighted by atomic mass is 16.4. The van der Waals surface area contributed by atoms with E-state index in [2.05, 4.69) is 0 Å². The van der Waals surface area contributed by atoms with Gasteiger partial charge in [-0.1, -0.05) is 12.1 Å². The van der Waals surface area contributed by atoms with Crippen molar-refractivity contribution in [3.63, 3.8) is 0 Å². The third-order valence-corrected chi connectivity index (χ3v) is 5.29. The van der Waals surface area contributed by atoms with Crippen LogP contribution in [0.15, 0.2) is 37.0 Å². The molecule has 0 bridgehead atoms. The summed E-state index contributed by atoms with van der Waals surface area (Å²) in [6.45, 7) is 4.17. The van der Waals surface area contributed by atoms with Crippen LogP contribution in [0.5, 0.6) is 0 Å². The average molecular weight is 363 g/mol. The van der Waals surface area contributed by atoms with Gasteiger partial charge in [0.15, 0.2) is 0 Å². The minimum absolute atomic E-state index is 0.00592. The minimum atomic E-state index is -0.610. The first-order valence-corrected chi connectivity index (χ1v) is 8.72. The number of hydrogen-bond donors (Lipinski definition) is 0. The molecule has 0 saturated carbocycles. The molecule has 1 aromatic carbocycles. The molecule has 0 unspecified atom stereocenters. The van der Waals surface area contributed by atoms with E-state index in [4.69, 9.17) is 4.42 Å². The Morgan fingerprint density at radius 3 is 2.74 bits per heavy atom.